The number of nitrogens with zero attached hydrogens (tertiary/aromatic N) is 1. The van der Waals surface area contributed by atoms with E-state index in [0.29, 0.717) is 12.2 Å². The highest BCUT2D eigenvalue weighted by atomic mass is 32.1. The Morgan fingerprint density at radius 2 is 2.04 bits per heavy atom. The van der Waals surface area contributed by atoms with Crippen molar-refractivity contribution in [2.75, 3.05) is 20.8 Å². The molecule has 0 saturated heterocycles. The Morgan fingerprint density at radius 3 is 2.70 bits per heavy atom. The molecule has 0 bridgehead atoms. The molecule has 4 nitrogen and oxygen atoms in total. The minimum Gasteiger partial charge on any atom is -0.493 e. The van der Waals surface area contributed by atoms with Crippen molar-refractivity contribution in [2.45, 2.75) is 25.8 Å². The van der Waals surface area contributed by atoms with E-state index >= 15 is 0 Å². The molecule has 0 aliphatic carbocycles. The fourth-order valence-corrected chi connectivity index (χ4v) is 3.84. The zero-order valence-electron chi connectivity index (χ0n) is 13.7. The standard InChI is InChI=1S/C18H21NO3S/c1-12-15-11-17(22-3)16(21-2)9-13(15)6-7-19(12)18(20)10-14-5-4-8-23-14/h4-5,8-9,11-12H,6-7,10H2,1-3H3. The first kappa shape index (κ1) is 15.9. The maximum atomic E-state index is 12.6. The van der Waals surface area contributed by atoms with Gasteiger partial charge in [0.2, 0.25) is 5.91 Å². The first-order chi connectivity index (χ1) is 11.1. The molecule has 3 rings (SSSR count). The lowest BCUT2D eigenvalue weighted by Gasteiger charge is -2.35. The van der Waals surface area contributed by atoms with Crippen LogP contribution in [0, 0.1) is 0 Å². The van der Waals surface area contributed by atoms with Crippen molar-refractivity contribution in [3.8, 4) is 11.5 Å². The summed E-state index contributed by atoms with van der Waals surface area (Å²) < 4.78 is 10.8. The summed E-state index contributed by atoms with van der Waals surface area (Å²) in [5.41, 5.74) is 2.38. The van der Waals surface area contributed by atoms with E-state index in [1.165, 1.54) is 5.56 Å². The van der Waals surface area contributed by atoms with Gasteiger partial charge in [0.05, 0.1) is 26.7 Å². The second-order valence-corrected chi connectivity index (χ2v) is 6.71. The quantitative estimate of drug-likeness (QED) is 0.861. The van der Waals surface area contributed by atoms with Gasteiger partial charge in [0, 0.05) is 11.4 Å². The molecule has 0 radical (unpaired) electrons. The molecule has 0 fully saturated rings. The maximum Gasteiger partial charge on any atom is 0.228 e. The molecular weight excluding hydrogens is 310 g/mol. The fourth-order valence-electron chi connectivity index (χ4n) is 3.15. The minimum absolute atomic E-state index is 0.0472. The number of fused-ring (bicyclic) bond motifs is 1. The van der Waals surface area contributed by atoms with Crippen LogP contribution in [0.25, 0.3) is 0 Å². The van der Waals surface area contributed by atoms with Gasteiger partial charge in [-0.05, 0) is 48.1 Å². The number of methoxy groups -OCH3 is 2. The minimum atomic E-state index is 0.0472. The molecule has 23 heavy (non-hydrogen) atoms. The summed E-state index contributed by atoms with van der Waals surface area (Å²) in [6.45, 7) is 2.82. The van der Waals surface area contributed by atoms with Gasteiger partial charge in [0.1, 0.15) is 0 Å². The van der Waals surface area contributed by atoms with E-state index in [4.69, 9.17) is 9.47 Å². The molecule has 0 N–H and O–H groups in total. The smallest absolute Gasteiger partial charge is 0.228 e. The highest BCUT2D eigenvalue weighted by Crippen LogP contribution is 2.38. The molecule has 5 heteroatoms. The lowest BCUT2D eigenvalue weighted by molar-refractivity contribution is -0.132. The first-order valence-corrected chi connectivity index (χ1v) is 8.58. The van der Waals surface area contributed by atoms with Crippen LogP contribution in [0.15, 0.2) is 29.6 Å². The number of hydrogen-bond donors (Lipinski definition) is 0. The SMILES string of the molecule is COc1cc2c(cc1OC)C(C)N(C(=O)Cc1cccs1)CC2. The van der Waals surface area contributed by atoms with Gasteiger partial charge in [-0.2, -0.15) is 0 Å². The molecule has 1 amide bonds. The monoisotopic (exact) mass is 331 g/mol. The van der Waals surface area contributed by atoms with Crippen molar-refractivity contribution in [1.82, 2.24) is 4.90 Å². The number of hydrogen-bond acceptors (Lipinski definition) is 4. The number of carbonyl (C=O) groups is 1. The van der Waals surface area contributed by atoms with E-state index in [1.807, 2.05) is 34.5 Å². The van der Waals surface area contributed by atoms with Gasteiger partial charge in [-0.25, -0.2) is 0 Å². The zero-order chi connectivity index (χ0) is 16.4. The van der Waals surface area contributed by atoms with Crippen molar-refractivity contribution in [3.63, 3.8) is 0 Å². The van der Waals surface area contributed by atoms with E-state index in [0.717, 1.165) is 29.2 Å². The van der Waals surface area contributed by atoms with E-state index in [9.17, 15) is 4.79 Å². The molecule has 1 unspecified atom stereocenters. The van der Waals surface area contributed by atoms with E-state index in [1.54, 1.807) is 25.6 Å². The number of amides is 1. The summed E-state index contributed by atoms with van der Waals surface area (Å²) in [6, 6.07) is 8.08. The molecule has 0 spiro atoms. The van der Waals surface area contributed by atoms with Crippen LogP contribution >= 0.6 is 11.3 Å². The number of rotatable bonds is 4. The molecule has 2 aromatic rings. The predicted molar refractivity (Wildman–Crippen MR) is 91.4 cm³/mol. The molecular formula is C18H21NO3S. The van der Waals surface area contributed by atoms with Crippen LogP contribution in [0.2, 0.25) is 0 Å². The van der Waals surface area contributed by atoms with Gasteiger partial charge in [0.25, 0.3) is 0 Å². The number of benzene rings is 1. The van der Waals surface area contributed by atoms with E-state index < -0.39 is 0 Å². The van der Waals surface area contributed by atoms with Gasteiger partial charge in [-0.3, -0.25) is 4.79 Å². The highest BCUT2D eigenvalue weighted by Gasteiger charge is 2.29. The average Bonchev–Trinajstić information content (AvgIpc) is 3.06. The van der Waals surface area contributed by atoms with Gasteiger partial charge < -0.3 is 14.4 Å². The Balaban J connectivity index is 1.85. The second kappa shape index (κ2) is 6.62. The normalized spacial score (nSPS) is 16.8. The Labute approximate surface area is 140 Å². The molecule has 1 aliphatic heterocycles. The summed E-state index contributed by atoms with van der Waals surface area (Å²) in [7, 11) is 3.28. The molecule has 1 aromatic heterocycles. The van der Waals surface area contributed by atoms with Crippen LogP contribution in [-0.2, 0) is 17.6 Å². The van der Waals surface area contributed by atoms with Gasteiger partial charge in [-0.1, -0.05) is 6.07 Å². The van der Waals surface area contributed by atoms with Crippen molar-refractivity contribution >= 4 is 17.2 Å². The van der Waals surface area contributed by atoms with Gasteiger partial charge >= 0.3 is 0 Å². The lowest BCUT2D eigenvalue weighted by Crippen LogP contribution is -2.39. The van der Waals surface area contributed by atoms with Crippen LogP contribution in [0.4, 0.5) is 0 Å². The Morgan fingerprint density at radius 1 is 1.30 bits per heavy atom. The summed E-state index contributed by atoms with van der Waals surface area (Å²) in [5.74, 6) is 1.64. The largest absolute Gasteiger partial charge is 0.493 e. The fraction of sp³-hybridized carbons (Fsp3) is 0.389. The summed E-state index contributed by atoms with van der Waals surface area (Å²) >= 11 is 1.63. The molecule has 2 heterocycles. The van der Waals surface area contributed by atoms with Crippen molar-refractivity contribution in [2.24, 2.45) is 0 Å². The Hall–Kier alpha value is -2.01. The topological polar surface area (TPSA) is 38.8 Å². The van der Waals surface area contributed by atoms with Crippen LogP contribution in [0.1, 0.15) is 29.0 Å². The van der Waals surface area contributed by atoms with Crippen LogP contribution in [0.5, 0.6) is 11.5 Å². The third-order valence-electron chi connectivity index (χ3n) is 4.41. The first-order valence-electron chi connectivity index (χ1n) is 7.70. The lowest BCUT2D eigenvalue weighted by atomic mass is 9.92. The second-order valence-electron chi connectivity index (χ2n) is 5.68. The maximum absolute atomic E-state index is 12.6. The Kier molecular flexibility index (Phi) is 4.57. The number of carbonyl (C=O) groups excluding carboxylic acids is 1. The van der Waals surface area contributed by atoms with Crippen LogP contribution in [-0.4, -0.2) is 31.6 Å². The van der Waals surface area contributed by atoms with Gasteiger partial charge in [-0.15, -0.1) is 11.3 Å². The zero-order valence-corrected chi connectivity index (χ0v) is 14.5. The summed E-state index contributed by atoms with van der Waals surface area (Å²) in [4.78, 5) is 15.7. The average molecular weight is 331 g/mol. The molecule has 1 aromatic carbocycles. The van der Waals surface area contributed by atoms with Crippen LogP contribution in [0.3, 0.4) is 0 Å². The third kappa shape index (κ3) is 3.06. The van der Waals surface area contributed by atoms with Crippen molar-refractivity contribution in [1.29, 1.82) is 0 Å². The van der Waals surface area contributed by atoms with Gasteiger partial charge in [0.15, 0.2) is 11.5 Å². The Bertz CT molecular complexity index is 697. The highest BCUT2D eigenvalue weighted by molar-refractivity contribution is 7.10. The summed E-state index contributed by atoms with van der Waals surface area (Å²) in [5, 5.41) is 2.01. The molecule has 122 valence electrons. The van der Waals surface area contributed by atoms with Crippen molar-refractivity contribution in [3.05, 3.63) is 45.6 Å². The molecule has 0 saturated carbocycles. The summed E-state index contributed by atoms with van der Waals surface area (Å²) in [6.07, 6.45) is 1.32. The third-order valence-corrected chi connectivity index (χ3v) is 5.29. The van der Waals surface area contributed by atoms with E-state index in [-0.39, 0.29) is 11.9 Å². The van der Waals surface area contributed by atoms with Crippen LogP contribution < -0.4 is 9.47 Å². The number of ether oxygens (including phenoxy) is 2. The predicted octanol–water partition coefficient (Wildman–Crippen LogP) is 3.45. The van der Waals surface area contributed by atoms with E-state index in [2.05, 4.69) is 6.92 Å². The van der Waals surface area contributed by atoms with Crippen molar-refractivity contribution < 1.29 is 14.3 Å². The number of thiophene rings is 1. The molecule has 1 aliphatic rings. The molecule has 1 atom stereocenters.